The molecule has 0 saturated carbocycles. The molecule has 3 heterocycles. The maximum absolute atomic E-state index is 12.5. The van der Waals surface area contributed by atoms with Crippen LogP contribution in [-0.2, 0) is 0 Å². The zero-order chi connectivity index (χ0) is 21.8. The lowest BCUT2D eigenvalue weighted by atomic mass is 10.3. The van der Waals surface area contributed by atoms with E-state index >= 15 is 0 Å². The van der Waals surface area contributed by atoms with Gasteiger partial charge in [0.25, 0.3) is 0 Å². The third-order valence-corrected chi connectivity index (χ3v) is 6.04. The van der Waals surface area contributed by atoms with Crippen molar-refractivity contribution in [2.75, 3.05) is 54.4 Å². The standard InChI is InChI=1S/C20H23F3N6OS/c21-20(22,23)31-16-5-3-15(4-6-16)26-19(30)29-11-9-28(10-12-29)18-13-17(24-14-25-18)27-7-1-2-8-27/h3-6,13-14H,1-2,7-12H2,(H,26,30). The fraction of sp³-hybridized carbons (Fsp3) is 0.450. The number of nitrogens with one attached hydrogen (secondary N) is 1. The lowest BCUT2D eigenvalue weighted by molar-refractivity contribution is -0.0328. The number of aromatic nitrogens is 2. The number of carbonyl (C=O) groups excluding carboxylic acids is 1. The van der Waals surface area contributed by atoms with Gasteiger partial charge >= 0.3 is 11.5 Å². The average Bonchev–Trinajstić information content (AvgIpc) is 3.29. The Labute approximate surface area is 182 Å². The number of alkyl halides is 3. The maximum atomic E-state index is 12.5. The van der Waals surface area contributed by atoms with Crippen molar-refractivity contribution in [2.24, 2.45) is 0 Å². The van der Waals surface area contributed by atoms with E-state index in [1.54, 1.807) is 11.2 Å². The van der Waals surface area contributed by atoms with Crippen molar-refractivity contribution in [1.82, 2.24) is 14.9 Å². The first kappa shape index (κ1) is 21.5. The van der Waals surface area contributed by atoms with Crippen LogP contribution in [-0.4, -0.2) is 65.7 Å². The second-order valence-corrected chi connectivity index (χ2v) is 8.54. The molecule has 0 unspecified atom stereocenters. The van der Waals surface area contributed by atoms with Gasteiger partial charge in [0.15, 0.2) is 0 Å². The number of hydrogen-bond acceptors (Lipinski definition) is 6. The Bertz CT molecular complexity index is 897. The van der Waals surface area contributed by atoms with Gasteiger partial charge in [0.2, 0.25) is 0 Å². The van der Waals surface area contributed by atoms with E-state index < -0.39 is 5.51 Å². The topological polar surface area (TPSA) is 64.6 Å². The van der Waals surface area contributed by atoms with Gasteiger partial charge in [-0.1, -0.05) is 0 Å². The third kappa shape index (κ3) is 5.72. The Morgan fingerprint density at radius 3 is 2.06 bits per heavy atom. The molecule has 0 bridgehead atoms. The van der Waals surface area contributed by atoms with Crippen LogP contribution in [0.5, 0.6) is 0 Å². The molecule has 0 aliphatic carbocycles. The summed E-state index contributed by atoms with van der Waals surface area (Å²) in [5.74, 6) is 1.80. The number of hydrogen-bond donors (Lipinski definition) is 1. The van der Waals surface area contributed by atoms with E-state index in [1.807, 2.05) is 6.07 Å². The number of anilines is 3. The molecule has 2 saturated heterocycles. The van der Waals surface area contributed by atoms with Crippen molar-refractivity contribution in [3.63, 3.8) is 0 Å². The monoisotopic (exact) mass is 452 g/mol. The van der Waals surface area contributed by atoms with Crippen molar-refractivity contribution >= 4 is 35.1 Å². The zero-order valence-electron chi connectivity index (χ0n) is 16.8. The van der Waals surface area contributed by atoms with Crippen LogP contribution in [0.4, 0.5) is 35.3 Å². The number of carbonyl (C=O) groups is 1. The van der Waals surface area contributed by atoms with E-state index in [1.165, 1.54) is 37.1 Å². The van der Waals surface area contributed by atoms with Crippen LogP contribution in [0.25, 0.3) is 0 Å². The normalized spacial score (nSPS) is 17.2. The summed E-state index contributed by atoms with van der Waals surface area (Å²) < 4.78 is 37.3. The molecule has 4 rings (SSSR count). The van der Waals surface area contributed by atoms with Crippen molar-refractivity contribution < 1.29 is 18.0 Å². The number of benzene rings is 1. The Morgan fingerprint density at radius 2 is 1.48 bits per heavy atom. The van der Waals surface area contributed by atoms with Crippen LogP contribution < -0.4 is 15.1 Å². The van der Waals surface area contributed by atoms with E-state index in [0.29, 0.717) is 31.9 Å². The van der Waals surface area contributed by atoms with E-state index in [4.69, 9.17) is 0 Å². The predicted molar refractivity (Wildman–Crippen MR) is 115 cm³/mol. The van der Waals surface area contributed by atoms with Crippen molar-refractivity contribution in [1.29, 1.82) is 0 Å². The minimum atomic E-state index is -4.33. The first-order valence-electron chi connectivity index (χ1n) is 10.1. The highest BCUT2D eigenvalue weighted by molar-refractivity contribution is 8.00. The molecule has 7 nitrogen and oxygen atoms in total. The molecule has 2 aliphatic rings. The first-order chi connectivity index (χ1) is 14.9. The number of halogens is 3. The van der Waals surface area contributed by atoms with Crippen LogP contribution in [0, 0.1) is 0 Å². The first-order valence-corrected chi connectivity index (χ1v) is 10.9. The molecule has 1 N–H and O–H groups in total. The van der Waals surface area contributed by atoms with Crippen LogP contribution >= 0.6 is 11.8 Å². The highest BCUT2D eigenvalue weighted by atomic mass is 32.2. The number of piperazine rings is 1. The van der Waals surface area contributed by atoms with Gasteiger partial charge in [-0.05, 0) is 48.9 Å². The Morgan fingerprint density at radius 1 is 0.903 bits per heavy atom. The predicted octanol–water partition coefficient (Wildman–Crippen LogP) is 4.04. The number of nitrogens with zero attached hydrogens (tertiary/aromatic N) is 5. The fourth-order valence-corrected chi connectivity index (χ4v) is 4.25. The Balaban J connectivity index is 1.29. The molecule has 1 aromatic carbocycles. The van der Waals surface area contributed by atoms with Gasteiger partial charge in [-0.2, -0.15) is 13.2 Å². The molecule has 1 aromatic heterocycles. The molecule has 11 heteroatoms. The quantitative estimate of drug-likeness (QED) is 0.707. The molecule has 2 amide bonds. The minimum absolute atomic E-state index is 0.0808. The summed E-state index contributed by atoms with van der Waals surface area (Å²) in [4.78, 5) is 27.5. The maximum Gasteiger partial charge on any atom is 0.446 e. The van der Waals surface area contributed by atoms with E-state index in [9.17, 15) is 18.0 Å². The van der Waals surface area contributed by atoms with Gasteiger partial charge in [-0.15, -0.1) is 0 Å². The molecule has 2 fully saturated rings. The second kappa shape index (κ2) is 9.21. The molecule has 0 radical (unpaired) electrons. The summed E-state index contributed by atoms with van der Waals surface area (Å²) in [6.07, 6.45) is 3.94. The van der Waals surface area contributed by atoms with Crippen molar-refractivity contribution in [2.45, 2.75) is 23.2 Å². The van der Waals surface area contributed by atoms with E-state index in [2.05, 4.69) is 25.1 Å². The molecular weight excluding hydrogens is 429 g/mol. The summed E-state index contributed by atoms with van der Waals surface area (Å²) in [7, 11) is 0. The fourth-order valence-electron chi connectivity index (χ4n) is 3.71. The van der Waals surface area contributed by atoms with Crippen molar-refractivity contribution in [3.8, 4) is 0 Å². The second-order valence-electron chi connectivity index (χ2n) is 7.40. The van der Waals surface area contributed by atoms with Crippen LogP contribution in [0.3, 0.4) is 0 Å². The minimum Gasteiger partial charge on any atom is -0.356 e. The van der Waals surface area contributed by atoms with Gasteiger partial charge in [0.1, 0.15) is 18.0 Å². The van der Waals surface area contributed by atoms with Crippen LogP contribution in [0.15, 0.2) is 41.6 Å². The van der Waals surface area contributed by atoms with Gasteiger partial charge in [0.05, 0.1) is 0 Å². The van der Waals surface area contributed by atoms with Gasteiger partial charge in [-0.25, -0.2) is 14.8 Å². The third-order valence-electron chi connectivity index (χ3n) is 5.30. The number of rotatable bonds is 4. The van der Waals surface area contributed by atoms with E-state index in [-0.39, 0.29) is 22.7 Å². The molecular formula is C20H23F3N6OS. The van der Waals surface area contributed by atoms with E-state index in [0.717, 1.165) is 24.7 Å². The summed E-state index contributed by atoms with van der Waals surface area (Å²) >= 11 is -0.179. The molecule has 0 spiro atoms. The highest BCUT2D eigenvalue weighted by Crippen LogP contribution is 2.37. The average molecular weight is 453 g/mol. The lowest BCUT2D eigenvalue weighted by Gasteiger charge is -2.35. The molecule has 166 valence electrons. The summed E-state index contributed by atoms with van der Waals surface area (Å²) in [5.41, 5.74) is -3.87. The van der Waals surface area contributed by atoms with Crippen molar-refractivity contribution in [3.05, 3.63) is 36.7 Å². The Hall–Kier alpha value is -2.69. The van der Waals surface area contributed by atoms with Gasteiger partial charge in [-0.3, -0.25) is 0 Å². The molecule has 2 aliphatic heterocycles. The smallest absolute Gasteiger partial charge is 0.356 e. The number of thioether (sulfide) groups is 1. The van der Waals surface area contributed by atoms with Gasteiger partial charge < -0.3 is 20.0 Å². The molecule has 31 heavy (non-hydrogen) atoms. The highest BCUT2D eigenvalue weighted by Gasteiger charge is 2.29. The molecule has 0 atom stereocenters. The lowest BCUT2D eigenvalue weighted by Crippen LogP contribution is -2.50. The number of amides is 2. The largest absolute Gasteiger partial charge is 0.446 e. The number of urea groups is 1. The summed E-state index contributed by atoms with van der Waals surface area (Å²) in [5, 5.41) is 2.75. The van der Waals surface area contributed by atoms with Crippen LogP contribution in [0.1, 0.15) is 12.8 Å². The van der Waals surface area contributed by atoms with Crippen LogP contribution in [0.2, 0.25) is 0 Å². The van der Waals surface area contributed by atoms with Gasteiger partial charge in [0, 0.05) is 55.9 Å². The summed E-state index contributed by atoms with van der Waals surface area (Å²) in [6.45, 7) is 4.37. The molecule has 2 aromatic rings. The Kier molecular flexibility index (Phi) is 6.40. The zero-order valence-corrected chi connectivity index (χ0v) is 17.6. The SMILES string of the molecule is O=C(Nc1ccc(SC(F)(F)F)cc1)N1CCN(c2cc(N3CCCC3)ncn2)CC1. The summed E-state index contributed by atoms with van der Waals surface area (Å²) in [6, 6.07) is 7.38.